The zero-order chi connectivity index (χ0) is 17.2. The smallest absolute Gasteiger partial charge is 0.225 e. The minimum atomic E-state index is -0.611. The monoisotopic (exact) mass is 339 g/mol. The van der Waals surface area contributed by atoms with E-state index in [1.54, 1.807) is 0 Å². The van der Waals surface area contributed by atoms with Crippen LogP contribution in [0.2, 0.25) is 0 Å². The Labute approximate surface area is 147 Å². The average molecular weight is 339 g/mol. The maximum Gasteiger partial charge on any atom is 0.225 e. The molecular formula is C20H25N3O2. The molecule has 25 heavy (non-hydrogen) atoms. The molecule has 1 N–H and O–H groups in total. The zero-order valence-electron chi connectivity index (χ0n) is 14.7. The van der Waals surface area contributed by atoms with Gasteiger partial charge in [-0.3, -0.25) is 4.79 Å². The van der Waals surface area contributed by atoms with Crippen molar-refractivity contribution in [3.8, 4) is 0 Å². The standard InChI is InChI=1S/C20H25N3O2/c1-19(25)9-16(10-19)18(24)22-12-20(13-22)7-15(8-20)6-14-2-3-17-4-5-21-23(17)11-14/h2-5,11,15-16,25H,6-10,12-13H2,1H3/t16-,19+. The summed E-state index contributed by atoms with van der Waals surface area (Å²) in [6.07, 6.45) is 8.81. The normalized spacial score (nSPS) is 30.8. The van der Waals surface area contributed by atoms with Crippen LogP contribution in [-0.4, -0.2) is 44.2 Å². The first-order valence-electron chi connectivity index (χ1n) is 9.35. The predicted molar refractivity (Wildman–Crippen MR) is 94.0 cm³/mol. The fraction of sp³-hybridized carbons (Fsp3) is 0.600. The lowest BCUT2D eigenvalue weighted by atomic mass is 9.56. The van der Waals surface area contributed by atoms with Crippen molar-refractivity contribution in [2.24, 2.45) is 17.3 Å². The van der Waals surface area contributed by atoms with Gasteiger partial charge in [0.05, 0.1) is 11.1 Å². The van der Waals surface area contributed by atoms with Crippen LogP contribution < -0.4 is 0 Å². The Morgan fingerprint density at radius 2 is 2.00 bits per heavy atom. The number of amides is 1. The van der Waals surface area contributed by atoms with Crippen LogP contribution in [0.1, 0.15) is 38.2 Å². The molecule has 3 aliphatic rings. The third-order valence-electron chi connectivity index (χ3n) is 6.51. The number of nitrogens with zero attached hydrogens (tertiary/aromatic N) is 3. The Morgan fingerprint density at radius 1 is 1.24 bits per heavy atom. The number of likely N-dealkylation sites (tertiary alicyclic amines) is 1. The summed E-state index contributed by atoms with van der Waals surface area (Å²) >= 11 is 0. The zero-order valence-corrected chi connectivity index (χ0v) is 14.7. The first-order chi connectivity index (χ1) is 11.9. The molecule has 2 aromatic rings. The summed E-state index contributed by atoms with van der Waals surface area (Å²) in [5.41, 5.74) is 2.26. The summed E-state index contributed by atoms with van der Waals surface area (Å²) in [7, 11) is 0. The number of carbonyl (C=O) groups is 1. The SMILES string of the molecule is C[C@]1(O)C[C@@H](C(=O)N2CC3(CC(Cc4ccc5ccnn5c4)C3)C2)C1. The lowest BCUT2D eigenvalue weighted by Crippen LogP contribution is -2.66. The fourth-order valence-electron chi connectivity index (χ4n) is 5.33. The van der Waals surface area contributed by atoms with E-state index >= 15 is 0 Å². The van der Waals surface area contributed by atoms with Crippen molar-refractivity contribution < 1.29 is 9.90 Å². The first kappa shape index (κ1) is 15.4. The Bertz CT molecular complexity index is 818. The second-order valence-corrected chi connectivity index (χ2v) is 9.01. The van der Waals surface area contributed by atoms with E-state index in [0.29, 0.717) is 18.3 Å². The topological polar surface area (TPSA) is 57.8 Å². The third-order valence-corrected chi connectivity index (χ3v) is 6.51. The second kappa shape index (κ2) is 5.07. The van der Waals surface area contributed by atoms with Crippen LogP contribution in [0.5, 0.6) is 0 Å². The maximum atomic E-state index is 12.4. The summed E-state index contributed by atoms with van der Waals surface area (Å²) in [6.45, 7) is 3.68. The van der Waals surface area contributed by atoms with Gasteiger partial charge in [0.2, 0.25) is 5.91 Å². The second-order valence-electron chi connectivity index (χ2n) is 9.01. The van der Waals surface area contributed by atoms with E-state index in [1.165, 1.54) is 18.4 Å². The first-order valence-corrected chi connectivity index (χ1v) is 9.35. The van der Waals surface area contributed by atoms with Crippen molar-refractivity contribution in [1.29, 1.82) is 0 Å². The van der Waals surface area contributed by atoms with Gasteiger partial charge in [-0.2, -0.15) is 5.10 Å². The molecule has 1 aliphatic heterocycles. The van der Waals surface area contributed by atoms with Crippen molar-refractivity contribution in [3.05, 3.63) is 36.2 Å². The summed E-state index contributed by atoms with van der Waals surface area (Å²) in [6, 6.07) is 6.36. The van der Waals surface area contributed by atoms with Crippen LogP contribution in [-0.2, 0) is 11.2 Å². The molecule has 0 atom stereocenters. The van der Waals surface area contributed by atoms with Crippen LogP contribution in [0.25, 0.3) is 5.52 Å². The van der Waals surface area contributed by atoms with Crippen LogP contribution >= 0.6 is 0 Å². The number of aliphatic hydroxyl groups is 1. The van der Waals surface area contributed by atoms with Crippen molar-refractivity contribution in [3.63, 3.8) is 0 Å². The quantitative estimate of drug-likeness (QED) is 0.933. The van der Waals surface area contributed by atoms with E-state index in [2.05, 4.69) is 23.4 Å². The molecule has 1 spiro atoms. The van der Waals surface area contributed by atoms with Crippen molar-refractivity contribution in [2.45, 2.75) is 44.6 Å². The minimum absolute atomic E-state index is 0.0593. The lowest BCUT2D eigenvalue weighted by Gasteiger charge is -2.60. The summed E-state index contributed by atoms with van der Waals surface area (Å²) in [4.78, 5) is 14.4. The predicted octanol–water partition coefficient (Wildman–Crippen LogP) is 2.28. The molecular weight excluding hydrogens is 314 g/mol. The van der Waals surface area contributed by atoms with E-state index in [0.717, 1.165) is 30.9 Å². The van der Waals surface area contributed by atoms with E-state index in [-0.39, 0.29) is 11.8 Å². The molecule has 5 heteroatoms. The van der Waals surface area contributed by atoms with Gasteiger partial charge in [0, 0.05) is 36.8 Å². The number of hydrogen-bond acceptors (Lipinski definition) is 3. The molecule has 5 nitrogen and oxygen atoms in total. The van der Waals surface area contributed by atoms with Crippen molar-refractivity contribution in [1.82, 2.24) is 14.5 Å². The molecule has 1 saturated heterocycles. The van der Waals surface area contributed by atoms with Gasteiger partial charge in [0.25, 0.3) is 0 Å². The van der Waals surface area contributed by atoms with Gasteiger partial charge in [-0.1, -0.05) is 6.07 Å². The molecule has 0 aromatic carbocycles. The molecule has 3 fully saturated rings. The van der Waals surface area contributed by atoms with E-state index in [1.807, 2.05) is 28.6 Å². The fourth-order valence-corrected chi connectivity index (χ4v) is 5.33. The molecule has 0 unspecified atom stereocenters. The summed E-state index contributed by atoms with van der Waals surface area (Å²) < 4.78 is 1.95. The number of hydrogen-bond donors (Lipinski definition) is 1. The molecule has 3 heterocycles. The van der Waals surface area contributed by atoms with Gasteiger partial charge in [0.1, 0.15) is 0 Å². The average Bonchev–Trinajstić information content (AvgIpc) is 2.92. The minimum Gasteiger partial charge on any atom is -0.390 e. The lowest BCUT2D eigenvalue weighted by molar-refractivity contribution is -0.171. The highest BCUT2D eigenvalue weighted by Gasteiger charge is 2.55. The Balaban J connectivity index is 1.12. The third kappa shape index (κ3) is 2.56. The highest BCUT2D eigenvalue weighted by Crippen LogP contribution is 2.53. The molecule has 0 bridgehead atoms. The number of rotatable bonds is 3. The number of carbonyl (C=O) groups excluding carboxylic acids is 1. The van der Waals surface area contributed by atoms with E-state index in [9.17, 15) is 9.90 Å². The van der Waals surface area contributed by atoms with Gasteiger partial charge in [-0.15, -0.1) is 0 Å². The largest absolute Gasteiger partial charge is 0.390 e. The highest BCUT2D eigenvalue weighted by atomic mass is 16.3. The van der Waals surface area contributed by atoms with Gasteiger partial charge >= 0.3 is 0 Å². The molecule has 132 valence electrons. The van der Waals surface area contributed by atoms with Gasteiger partial charge < -0.3 is 10.0 Å². The van der Waals surface area contributed by atoms with Gasteiger partial charge in [-0.05, 0) is 62.6 Å². The van der Waals surface area contributed by atoms with Crippen molar-refractivity contribution in [2.75, 3.05) is 13.1 Å². The van der Waals surface area contributed by atoms with E-state index < -0.39 is 5.60 Å². The van der Waals surface area contributed by atoms with Gasteiger partial charge in [-0.25, -0.2) is 4.52 Å². The summed E-state index contributed by atoms with van der Waals surface area (Å²) in [5.74, 6) is 1.06. The molecule has 5 rings (SSSR count). The molecule has 2 saturated carbocycles. The van der Waals surface area contributed by atoms with Crippen molar-refractivity contribution >= 4 is 11.4 Å². The van der Waals surface area contributed by atoms with Crippen LogP contribution in [0, 0.1) is 17.3 Å². The Kier molecular flexibility index (Phi) is 3.12. The van der Waals surface area contributed by atoms with Gasteiger partial charge in [0.15, 0.2) is 0 Å². The Hall–Kier alpha value is -1.88. The molecule has 0 radical (unpaired) electrons. The van der Waals surface area contributed by atoms with E-state index in [4.69, 9.17) is 0 Å². The molecule has 1 amide bonds. The number of pyridine rings is 1. The number of aromatic nitrogens is 2. The van der Waals surface area contributed by atoms with Crippen LogP contribution in [0.3, 0.4) is 0 Å². The number of fused-ring (bicyclic) bond motifs is 1. The van der Waals surface area contributed by atoms with Crippen LogP contribution in [0.4, 0.5) is 0 Å². The molecule has 2 aliphatic carbocycles. The van der Waals surface area contributed by atoms with Crippen LogP contribution in [0.15, 0.2) is 30.6 Å². The molecule has 2 aromatic heterocycles. The maximum absolute atomic E-state index is 12.4. The highest BCUT2D eigenvalue weighted by molar-refractivity contribution is 5.81. The Morgan fingerprint density at radius 3 is 2.72 bits per heavy atom. The summed E-state index contributed by atoms with van der Waals surface area (Å²) in [5, 5.41) is 14.1.